The fourth-order valence-corrected chi connectivity index (χ4v) is 2.42. The van der Waals surface area contributed by atoms with Crippen LogP contribution in [0.3, 0.4) is 0 Å². The number of likely N-dealkylation sites (tertiary alicyclic amines) is 1. The second kappa shape index (κ2) is 6.96. The van der Waals surface area contributed by atoms with Crippen molar-refractivity contribution in [3.8, 4) is 0 Å². The van der Waals surface area contributed by atoms with Crippen molar-refractivity contribution in [2.45, 2.75) is 26.3 Å². The summed E-state index contributed by atoms with van der Waals surface area (Å²) in [7, 11) is 0. The van der Waals surface area contributed by atoms with Crippen LogP contribution in [0.2, 0.25) is 0 Å². The number of rotatable bonds is 3. The molecule has 0 aliphatic carbocycles. The Hall–Kier alpha value is -2.52. The van der Waals surface area contributed by atoms with Crippen LogP contribution in [0.4, 0.5) is 5.69 Å². The van der Waals surface area contributed by atoms with E-state index in [4.69, 9.17) is 10.3 Å². The van der Waals surface area contributed by atoms with E-state index in [0.717, 1.165) is 0 Å². The molecule has 1 aliphatic heterocycles. The van der Waals surface area contributed by atoms with Crippen molar-refractivity contribution in [2.24, 2.45) is 5.90 Å². The lowest BCUT2D eigenvalue weighted by atomic mass is 9.99. The van der Waals surface area contributed by atoms with Crippen molar-refractivity contribution < 1.29 is 24.8 Å². The molecule has 1 saturated heterocycles. The first-order valence-electron chi connectivity index (χ1n) is 6.38. The second-order valence-corrected chi connectivity index (χ2v) is 4.86. The van der Waals surface area contributed by atoms with E-state index in [9.17, 15) is 19.7 Å². The summed E-state index contributed by atoms with van der Waals surface area (Å²) >= 11 is 0. The van der Waals surface area contributed by atoms with Gasteiger partial charge in [0.25, 0.3) is 11.6 Å². The highest BCUT2D eigenvalue weighted by atomic mass is 16.6. The Kier molecular flexibility index (Phi) is 5.55. The van der Waals surface area contributed by atoms with Gasteiger partial charge < -0.3 is 15.2 Å². The van der Waals surface area contributed by atoms with Crippen LogP contribution in [0.25, 0.3) is 0 Å². The zero-order chi connectivity index (χ0) is 17.0. The first-order valence-corrected chi connectivity index (χ1v) is 6.38. The van der Waals surface area contributed by atoms with Crippen molar-refractivity contribution in [2.75, 3.05) is 6.54 Å². The maximum absolute atomic E-state index is 12.2. The van der Waals surface area contributed by atoms with Gasteiger partial charge in [0, 0.05) is 23.2 Å². The minimum atomic E-state index is -1.03. The number of nitrogens with zero attached hydrogens (tertiary/aromatic N) is 2. The summed E-state index contributed by atoms with van der Waals surface area (Å²) in [5, 5.41) is 26.3. The maximum atomic E-state index is 12.2. The summed E-state index contributed by atoms with van der Waals surface area (Å²) in [5.74, 6) is 2.07. The van der Waals surface area contributed by atoms with Crippen molar-refractivity contribution in [1.82, 2.24) is 4.90 Å². The monoisotopic (exact) mass is 311 g/mol. The van der Waals surface area contributed by atoms with E-state index in [0.29, 0.717) is 24.1 Å². The van der Waals surface area contributed by atoms with Crippen molar-refractivity contribution in [3.05, 3.63) is 38.9 Å². The first-order chi connectivity index (χ1) is 10.3. The van der Waals surface area contributed by atoms with Gasteiger partial charge in [-0.05, 0) is 32.4 Å². The molecule has 1 aromatic rings. The van der Waals surface area contributed by atoms with Crippen LogP contribution in [-0.4, -0.2) is 44.6 Å². The van der Waals surface area contributed by atoms with Gasteiger partial charge in [0.2, 0.25) is 0 Å². The molecule has 4 N–H and O–H groups in total. The number of aliphatic carboxylic acids is 1. The molecule has 0 bridgehead atoms. The molecule has 9 nitrogen and oxygen atoms in total. The largest absolute Gasteiger partial charge is 0.480 e. The molecule has 0 unspecified atom stereocenters. The van der Waals surface area contributed by atoms with Crippen LogP contribution >= 0.6 is 0 Å². The van der Waals surface area contributed by atoms with E-state index in [1.165, 1.54) is 17.0 Å². The Morgan fingerprint density at radius 1 is 1.32 bits per heavy atom. The molecule has 1 aromatic carbocycles. The molecule has 1 amide bonds. The smallest absolute Gasteiger partial charge is 0.326 e. The molecule has 1 fully saturated rings. The number of nitro groups is 1. The van der Waals surface area contributed by atoms with Crippen LogP contribution in [0.5, 0.6) is 0 Å². The summed E-state index contributed by atoms with van der Waals surface area (Å²) in [6.07, 6.45) is 0.437. The molecule has 0 radical (unpaired) electrons. The molecule has 1 aliphatic rings. The Labute approximate surface area is 126 Å². The fourth-order valence-electron chi connectivity index (χ4n) is 2.42. The lowest BCUT2D eigenvalue weighted by Gasteiger charge is -2.38. The third kappa shape index (κ3) is 3.21. The normalized spacial score (nSPS) is 16.2. The van der Waals surface area contributed by atoms with Crippen LogP contribution < -0.4 is 5.90 Å². The van der Waals surface area contributed by atoms with E-state index in [-0.39, 0.29) is 11.3 Å². The molecule has 1 atom stereocenters. The predicted octanol–water partition coefficient (Wildman–Crippen LogP) is 0.845. The Balaban J connectivity index is 0.00000116. The highest BCUT2D eigenvalue weighted by Crippen LogP contribution is 2.27. The number of nitro benzene ring substituents is 1. The van der Waals surface area contributed by atoms with Gasteiger partial charge in [0.05, 0.1) is 4.92 Å². The van der Waals surface area contributed by atoms with Gasteiger partial charge in [-0.25, -0.2) is 10.7 Å². The fraction of sp³-hybridized carbons (Fsp3) is 0.385. The van der Waals surface area contributed by atoms with Crippen LogP contribution in [-0.2, 0) is 4.79 Å². The lowest BCUT2D eigenvalue weighted by molar-refractivity contribution is -0.386. The van der Waals surface area contributed by atoms with Crippen LogP contribution in [0.1, 0.15) is 27.9 Å². The topological polar surface area (TPSA) is 147 Å². The quantitative estimate of drug-likeness (QED) is 0.553. The summed E-state index contributed by atoms with van der Waals surface area (Å²) in [6.45, 7) is 3.52. The number of aryl methyl sites for hydroxylation is 2. The molecular weight excluding hydrogens is 294 g/mol. The van der Waals surface area contributed by atoms with E-state index in [1.807, 2.05) is 0 Å². The molecule has 0 saturated carbocycles. The Morgan fingerprint density at radius 2 is 1.82 bits per heavy atom. The number of carboxylic acid groups (broad SMARTS) is 1. The van der Waals surface area contributed by atoms with Crippen molar-refractivity contribution in [1.29, 1.82) is 0 Å². The molecule has 0 spiro atoms. The number of hydrogen-bond donors (Lipinski definition) is 3. The first kappa shape index (κ1) is 17.5. The number of carboxylic acids is 1. The highest BCUT2D eigenvalue weighted by molar-refractivity contribution is 5.98. The third-order valence-corrected chi connectivity index (χ3v) is 3.49. The highest BCUT2D eigenvalue weighted by Gasteiger charge is 2.38. The van der Waals surface area contributed by atoms with E-state index < -0.39 is 22.8 Å². The van der Waals surface area contributed by atoms with Gasteiger partial charge >= 0.3 is 5.97 Å². The maximum Gasteiger partial charge on any atom is 0.326 e. The lowest BCUT2D eigenvalue weighted by Crippen LogP contribution is -2.55. The summed E-state index contributed by atoms with van der Waals surface area (Å²) in [4.78, 5) is 34.8. The Bertz CT molecular complexity index is 593. The number of carbonyl (C=O) groups excluding carboxylic acids is 1. The van der Waals surface area contributed by atoms with E-state index in [1.54, 1.807) is 13.8 Å². The predicted molar refractivity (Wildman–Crippen MR) is 75.6 cm³/mol. The molecule has 0 aromatic heterocycles. The molecule has 9 heteroatoms. The van der Waals surface area contributed by atoms with Gasteiger partial charge in [0.1, 0.15) is 6.04 Å². The van der Waals surface area contributed by atoms with Crippen molar-refractivity contribution in [3.63, 3.8) is 0 Å². The number of carbonyl (C=O) groups is 2. The molecule has 2 rings (SSSR count). The van der Waals surface area contributed by atoms with Gasteiger partial charge in [-0.1, -0.05) is 0 Å². The minimum absolute atomic E-state index is 0.0139. The number of amides is 1. The van der Waals surface area contributed by atoms with Crippen LogP contribution in [0, 0.1) is 24.0 Å². The van der Waals surface area contributed by atoms with Gasteiger partial charge in [0.15, 0.2) is 0 Å². The number of benzene rings is 1. The van der Waals surface area contributed by atoms with E-state index >= 15 is 0 Å². The SMILES string of the molecule is Cc1cc(C(=O)N2CC[C@@H]2C(=O)O)cc(C)c1[N+](=O)[O-].NO. The van der Waals surface area contributed by atoms with Gasteiger partial charge in [-0.3, -0.25) is 14.9 Å². The summed E-state index contributed by atoms with van der Waals surface area (Å²) < 4.78 is 0. The van der Waals surface area contributed by atoms with E-state index in [2.05, 4.69) is 5.90 Å². The van der Waals surface area contributed by atoms with Gasteiger partial charge in [-0.2, -0.15) is 0 Å². The Morgan fingerprint density at radius 3 is 2.14 bits per heavy atom. The second-order valence-electron chi connectivity index (χ2n) is 4.86. The molecule has 22 heavy (non-hydrogen) atoms. The summed E-state index contributed by atoms with van der Waals surface area (Å²) in [6, 6.07) is 2.08. The zero-order valence-electron chi connectivity index (χ0n) is 12.1. The molecule has 120 valence electrons. The standard InChI is InChI=1S/C13H14N2O5.H3NO/c1-7-5-9(6-8(2)11(7)15(19)20)12(16)14-4-3-10(14)13(17)18;1-2/h5-6,10H,3-4H2,1-2H3,(H,17,18);2H,1H2/t10-;/m1./s1. The van der Waals surface area contributed by atoms with Crippen molar-refractivity contribution >= 4 is 17.6 Å². The van der Waals surface area contributed by atoms with Crippen LogP contribution in [0.15, 0.2) is 12.1 Å². The average molecular weight is 311 g/mol. The molecule has 1 heterocycles. The minimum Gasteiger partial charge on any atom is -0.480 e. The third-order valence-electron chi connectivity index (χ3n) is 3.49. The zero-order valence-corrected chi connectivity index (χ0v) is 12.1. The number of nitrogens with two attached hydrogens (primary N) is 1. The summed E-state index contributed by atoms with van der Waals surface area (Å²) in [5.41, 5.74) is 1.06. The molecular formula is C13H17N3O6. The van der Waals surface area contributed by atoms with Gasteiger partial charge in [-0.15, -0.1) is 0 Å². The number of hydrogen-bond acceptors (Lipinski definition) is 6. The average Bonchev–Trinajstić information content (AvgIpc) is 2.37.